The van der Waals surface area contributed by atoms with Crippen LogP contribution in [0.2, 0.25) is 0 Å². The van der Waals surface area contributed by atoms with E-state index in [-0.39, 0.29) is 17.1 Å². The lowest BCUT2D eigenvalue weighted by molar-refractivity contribution is 0.230. The summed E-state index contributed by atoms with van der Waals surface area (Å²) in [6, 6.07) is 5.15. The lowest BCUT2D eigenvalue weighted by atomic mass is 10.1. The van der Waals surface area contributed by atoms with Gasteiger partial charge in [-0.15, -0.1) is 0 Å². The molecule has 5 heteroatoms. The van der Waals surface area contributed by atoms with Gasteiger partial charge in [0.25, 0.3) is 0 Å². The van der Waals surface area contributed by atoms with Crippen molar-refractivity contribution in [3.63, 3.8) is 0 Å². The molecule has 5 nitrogen and oxygen atoms in total. The van der Waals surface area contributed by atoms with E-state index in [9.17, 15) is 4.79 Å². The van der Waals surface area contributed by atoms with Gasteiger partial charge in [-0.2, -0.15) is 5.26 Å². The molecule has 0 saturated carbocycles. The molecule has 1 heterocycles. The number of pyridine rings is 1. The fraction of sp³-hybridized carbons (Fsp3) is 0.286. The number of nitriles is 1. The molecule has 1 aromatic carbocycles. The average molecular weight is 258 g/mol. The van der Waals surface area contributed by atoms with Gasteiger partial charge < -0.3 is 14.5 Å². The Bertz CT molecular complexity index is 711. The summed E-state index contributed by atoms with van der Waals surface area (Å²) in [4.78, 5) is 14.9. The molecule has 0 saturated heterocycles. The number of methoxy groups -OCH3 is 1. The Labute approximate surface area is 110 Å². The number of fused-ring (bicyclic) bond motifs is 1. The largest absolute Gasteiger partial charge is 0.493 e. The summed E-state index contributed by atoms with van der Waals surface area (Å²) in [6.07, 6.45) is 1.40. The van der Waals surface area contributed by atoms with E-state index in [1.54, 1.807) is 12.1 Å². The molecule has 0 amide bonds. The van der Waals surface area contributed by atoms with E-state index in [1.807, 2.05) is 19.9 Å². The summed E-state index contributed by atoms with van der Waals surface area (Å²) in [6.45, 7) is 3.82. The fourth-order valence-electron chi connectivity index (χ4n) is 1.82. The molecule has 19 heavy (non-hydrogen) atoms. The number of hydrogen-bond acceptors (Lipinski definition) is 4. The van der Waals surface area contributed by atoms with E-state index in [1.165, 1.54) is 13.3 Å². The van der Waals surface area contributed by atoms with Crippen LogP contribution in [0.4, 0.5) is 0 Å². The van der Waals surface area contributed by atoms with Crippen molar-refractivity contribution in [3.05, 3.63) is 34.1 Å². The molecular weight excluding hydrogens is 244 g/mol. The van der Waals surface area contributed by atoms with E-state index in [4.69, 9.17) is 14.7 Å². The number of aromatic nitrogens is 1. The molecule has 0 spiro atoms. The molecule has 2 rings (SSSR count). The second-order valence-electron chi connectivity index (χ2n) is 4.36. The number of nitrogens with zero attached hydrogens (tertiary/aromatic N) is 1. The summed E-state index contributed by atoms with van der Waals surface area (Å²) in [5.74, 6) is 1.03. The lowest BCUT2D eigenvalue weighted by Gasteiger charge is -2.14. The highest BCUT2D eigenvalue weighted by Crippen LogP contribution is 2.31. The summed E-state index contributed by atoms with van der Waals surface area (Å²) in [5.41, 5.74) is 0.373. The number of benzene rings is 1. The van der Waals surface area contributed by atoms with Crippen LogP contribution in [0.1, 0.15) is 19.4 Å². The first-order valence-electron chi connectivity index (χ1n) is 5.87. The summed E-state index contributed by atoms with van der Waals surface area (Å²) >= 11 is 0. The van der Waals surface area contributed by atoms with Gasteiger partial charge in [0.1, 0.15) is 11.6 Å². The maximum Gasteiger partial charge on any atom is 0.207 e. The van der Waals surface area contributed by atoms with Crippen LogP contribution < -0.4 is 14.9 Å². The highest BCUT2D eigenvalue weighted by Gasteiger charge is 2.12. The zero-order valence-corrected chi connectivity index (χ0v) is 11.0. The molecule has 1 aromatic heterocycles. The Kier molecular flexibility index (Phi) is 3.43. The van der Waals surface area contributed by atoms with Gasteiger partial charge in [0.15, 0.2) is 11.5 Å². The van der Waals surface area contributed by atoms with Crippen molar-refractivity contribution in [2.45, 2.75) is 20.0 Å². The van der Waals surface area contributed by atoms with Crippen LogP contribution in [-0.2, 0) is 0 Å². The van der Waals surface area contributed by atoms with Crippen LogP contribution >= 0.6 is 0 Å². The van der Waals surface area contributed by atoms with Crippen molar-refractivity contribution in [3.8, 4) is 17.6 Å². The second-order valence-corrected chi connectivity index (χ2v) is 4.36. The van der Waals surface area contributed by atoms with Crippen LogP contribution in [0.25, 0.3) is 10.9 Å². The first-order chi connectivity index (χ1) is 9.06. The van der Waals surface area contributed by atoms with Crippen molar-refractivity contribution >= 4 is 10.9 Å². The SMILES string of the molecule is COc1cc2c(=O)c(C#N)c[nH]c2cc1OC(C)C. The summed E-state index contributed by atoms with van der Waals surface area (Å²) < 4.78 is 10.9. The van der Waals surface area contributed by atoms with E-state index in [2.05, 4.69) is 4.98 Å². The predicted octanol–water partition coefficient (Wildman–Crippen LogP) is 2.20. The average Bonchev–Trinajstić information content (AvgIpc) is 2.38. The third-order valence-electron chi connectivity index (χ3n) is 2.65. The van der Waals surface area contributed by atoms with Crippen LogP contribution in [-0.4, -0.2) is 18.2 Å². The molecule has 98 valence electrons. The molecule has 0 bridgehead atoms. The number of ether oxygens (including phenoxy) is 2. The van der Waals surface area contributed by atoms with Crippen molar-refractivity contribution in [2.75, 3.05) is 7.11 Å². The first-order valence-corrected chi connectivity index (χ1v) is 5.87. The molecule has 0 atom stereocenters. The number of aromatic amines is 1. The number of hydrogen-bond donors (Lipinski definition) is 1. The number of rotatable bonds is 3. The van der Waals surface area contributed by atoms with Crippen molar-refractivity contribution < 1.29 is 9.47 Å². The zero-order chi connectivity index (χ0) is 14.0. The molecule has 0 aliphatic heterocycles. The molecule has 0 radical (unpaired) electrons. The van der Waals surface area contributed by atoms with Gasteiger partial charge in [-0.1, -0.05) is 0 Å². The Morgan fingerprint density at radius 2 is 2.05 bits per heavy atom. The highest BCUT2D eigenvalue weighted by molar-refractivity contribution is 5.83. The molecule has 1 N–H and O–H groups in total. The van der Waals surface area contributed by atoms with Crippen LogP contribution in [0.5, 0.6) is 11.5 Å². The van der Waals surface area contributed by atoms with Crippen LogP contribution in [0.3, 0.4) is 0 Å². The molecule has 0 unspecified atom stereocenters. The summed E-state index contributed by atoms with van der Waals surface area (Å²) in [5, 5.41) is 9.26. The number of nitrogens with one attached hydrogen (secondary N) is 1. The van der Waals surface area contributed by atoms with Crippen molar-refractivity contribution in [1.29, 1.82) is 5.26 Å². The van der Waals surface area contributed by atoms with Gasteiger partial charge in [-0.05, 0) is 19.9 Å². The topological polar surface area (TPSA) is 75.1 Å². The smallest absolute Gasteiger partial charge is 0.207 e. The standard InChI is InChI=1S/C14H14N2O3/c1-8(2)19-13-5-11-10(4-12(13)18-3)14(17)9(6-15)7-16-11/h4-5,7-8H,1-3H3,(H,16,17). The first kappa shape index (κ1) is 13.0. The van der Waals surface area contributed by atoms with Gasteiger partial charge >= 0.3 is 0 Å². The normalized spacial score (nSPS) is 10.5. The minimum atomic E-state index is -0.314. The van der Waals surface area contributed by atoms with Gasteiger partial charge in [0.05, 0.1) is 24.1 Å². The highest BCUT2D eigenvalue weighted by atomic mass is 16.5. The van der Waals surface area contributed by atoms with Crippen molar-refractivity contribution in [1.82, 2.24) is 4.98 Å². The van der Waals surface area contributed by atoms with E-state index < -0.39 is 0 Å². The minimum Gasteiger partial charge on any atom is -0.493 e. The zero-order valence-electron chi connectivity index (χ0n) is 11.0. The Balaban J connectivity index is 2.71. The van der Waals surface area contributed by atoms with Crippen LogP contribution in [0, 0.1) is 11.3 Å². The van der Waals surface area contributed by atoms with E-state index in [0.29, 0.717) is 22.4 Å². The molecular formula is C14H14N2O3. The molecule has 0 fully saturated rings. The van der Waals surface area contributed by atoms with E-state index >= 15 is 0 Å². The fourth-order valence-corrected chi connectivity index (χ4v) is 1.82. The Morgan fingerprint density at radius 3 is 2.63 bits per heavy atom. The maximum absolute atomic E-state index is 12.0. The molecule has 2 aromatic rings. The molecule has 0 aliphatic rings. The van der Waals surface area contributed by atoms with Crippen LogP contribution in [0.15, 0.2) is 23.1 Å². The van der Waals surface area contributed by atoms with Gasteiger partial charge in [0, 0.05) is 12.3 Å². The second kappa shape index (κ2) is 5.02. The maximum atomic E-state index is 12.0. The van der Waals surface area contributed by atoms with Gasteiger partial charge in [-0.25, -0.2) is 0 Å². The lowest BCUT2D eigenvalue weighted by Crippen LogP contribution is -2.10. The Morgan fingerprint density at radius 1 is 1.32 bits per heavy atom. The monoisotopic (exact) mass is 258 g/mol. The predicted molar refractivity (Wildman–Crippen MR) is 71.6 cm³/mol. The van der Waals surface area contributed by atoms with Crippen molar-refractivity contribution in [2.24, 2.45) is 0 Å². The van der Waals surface area contributed by atoms with Gasteiger partial charge in [0.2, 0.25) is 5.43 Å². The van der Waals surface area contributed by atoms with Gasteiger partial charge in [-0.3, -0.25) is 4.79 Å². The number of H-pyrrole nitrogens is 1. The van der Waals surface area contributed by atoms with E-state index in [0.717, 1.165) is 0 Å². The molecule has 0 aliphatic carbocycles. The quantitative estimate of drug-likeness (QED) is 0.915. The third kappa shape index (κ3) is 2.38. The minimum absolute atomic E-state index is 0.00328. The Hall–Kier alpha value is -2.48. The summed E-state index contributed by atoms with van der Waals surface area (Å²) in [7, 11) is 1.51. The third-order valence-corrected chi connectivity index (χ3v) is 2.65.